The lowest BCUT2D eigenvalue weighted by Crippen LogP contribution is -2.14. The molecule has 0 aliphatic heterocycles. The molecule has 0 bridgehead atoms. The summed E-state index contributed by atoms with van der Waals surface area (Å²) in [6.07, 6.45) is 3.03. The Balaban J connectivity index is 0.000000222. The van der Waals surface area contributed by atoms with Gasteiger partial charge in [0.25, 0.3) is 10.0 Å². The molecule has 0 saturated carbocycles. The molecular formula is C21H18Br2N6O2S. The number of hydrogen-bond donors (Lipinski definition) is 1. The van der Waals surface area contributed by atoms with Gasteiger partial charge in [0, 0.05) is 5.69 Å². The molecule has 0 fully saturated rings. The van der Waals surface area contributed by atoms with Gasteiger partial charge in [-0.1, -0.05) is 23.6 Å². The maximum absolute atomic E-state index is 12.8. The summed E-state index contributed by atoms with van der Waals surface area (Å²) in [6, 6.07) is 8.45. The number of hydrogen-bond acceptors (Lipinski definition) is 7. The first-order valence-electron chi connectivity index (χ1n) is 9.17. The van der Waals surface area contributed by atoms with Crippen LogP contribution in [0, 0.1) is 25.7 Å². The molecule has 0 aliphatic carbocycles. The second-order valence-corrected chi connectivity index (χ2v) is 9.98. The lowest BCUT2D eigenvalue weighted by atomic mass is 10.2. The van der Waals surface area contributed by atoms with Gasteiger partial charge >= 0.3 is 0 Å². The van der Waals surface area contributed by atoms with E-state index >= 15 is 0 Å². The third-order valence-corrected chi connectivity index (χ3v) is 6.76. The fourth-order valence-electron chi connectivity index (χ4n) is 2.76. The largest absolute Gasteiger partial charge is 0.381 e. The predicted octanol–water partition coefficient (Wildman–Crippen LogP) is 4.24. The molecule has 4 rings (SSSR count). The molecule has 2 N–H and O–H groups in total. The Morgan fingerprint density at radius 3 is 2.28 bits per heavy atom. The van der Waals surface area contributed by atoms with Gasteiger partial charge in [-0.15, -0.1) is 0 Å². The lowest BCUT2D eigenvalue weighted by molar-refractivity contribution is 0.587. The molecule has 11 heteroatoms. The first kappa shape index (κ1) is 23.8. The van der Waals surface area contributed by atoms with Crippen molar-refractivity contribution in [1.82, 2.24) is 23.9 Å². The van der Waals surface area contributed by atoms with Gasteiger partial charge in [-0.05, 0) is 76.8 Å². The molecule has 0 unspecified atom stereocenters. The van der Waals surface area contributed by atoms with Crippen LogP contribution < -0.4 is 5.73 Å². The number of nitrogens with two attached hydrogens (primary N) is 1. The number of nitrogens with zero attached hydrogens (tertiary/aromatic N) is 5. The van der Waals surface area contributed by atoms with Crippen LogP contribution >= 0.6 is 31.9 Å². The summed E-state index contributed by atoms with van der Waals surface area (Å²) < 4.78 is 28.1. The molecule has 32 heavy (non-hydrogen) atoms. The molecule has 4 aromatic rings. The molecule has 0 atom stereocenters. The SMILES string of the molecule is CC#Cc1nc(Br)cnc1N.Cc1ccc(S(=O)(=O)n2c(C)cc3nc(Br)cnc32)cc1. The van der Waals surface area contributed by atoms with Crippen molar-refractivity contribution in [3.8, 4) is 11.8 Å². The molecule has 8 nitrogen and oxygen atoms in total. The van der Waals surface area contributed by atoms with Gasteiger partial charge in [-0.25, -0.2) is 32.3 Å². The molecule has 0 saturated heterocycles. The average Bonchev–Trinajstić information content (AvgIpc) is 3.07. The standard InChI is InChI=1S/C14H12BrN3O2S.C7H6BrN3/c1-9-3-5-11(6-4-9)21(19,20)18-10(2)7-12-14(18)16-8-13(15)17-12;1-2-3-5-7(9)10-4-6(8)11-5/h3-8H,1-2H3;4H,1H3,(H2,9,10). The number of benzene rings is 1. The summed E-state index contributed by atoms with van der Waals surface area (Å²) in [7, 11) is -3.68. The minimum atomic E-state index is -3.68. The summed E-state index contributed by atoms with van der Waals surface area (Å²) >= 11 is 6.41. The summed E-state index contributed by atoms with van der Waals surface area (Å²) in [5.41, 5.74) is 8.44. The van der Waals surface area contributed by atoms with E-state index in [4.69, 9.17) is 5.73 Å². The maximum atomic E-state index is 12.8. The van der Waals surface area contributed by atoms with Crippen molar-refractivity contribution in [2.45, 2.75) is 25.7 Å². The van der Waals surface area contributed by atoms with Crippen LogP contribution in [0.1, 0.15) is 23.9 Å². The summed E-state index contributed by atoms with van der Waals surface area (Å²) in [6.45, 7) is 5.36. The Morgan fingerprint density at radius 1 is 1.00 bits per heavy atom. The molecule has 0 radical (unpaired) electrons. The van der Waals surface area contributed by atoms with Gasteiger partial charge in [0.05, 0.1) is 17.3 Å². The van der Waals surface area contributed by atoms with Crippen LogP contribution in [0.15, 0.2) is 56.8 Å². The Kier molecular flexibility index (Phi) is 7.28. The number of rotatable bonds is 2. The maximum Gasteiger partial charge on any atom is 0.269 e. The van der Waals surface area contributed by atoms with Crippen molar-refractivity contribution in [2.24, 2.45) is 0 Å². The second-order valence-electron chi connectivity index (χ2n) is 6.57. The minimum absolute atomic E-state index is 0.235. The van der Waals surface area contributed by atoms with Crippen molar-refractivity contribution >= 4 is 58.9 Å². The minimum Gasteiger partial charge on any atom is -0.381 e. The van der Waals surface area contributed by atoms with Gasteiger partial charge in [0.1, 0.15) is 14.7 Å². The van der Waals surface area contributed by atoms with E-state index in [1.165, 1.54) is 16.4 Å². The highest BCUT2D eigenvalue weighted by molar-refractivity contribution is 9.10. The van der Waals surface area contributed by atoms with Gasteiger partial charge in [-0.3, -0.25) is 0 Å². The zero-order valence-corrected chi connectivity index (χ0v) is 21.3. The fourth-order valence-corrected chi connectivity index (χ4v) is 4.82. The molecule has 164 valence electrons. The highest BCUT2D eigenvalue weighted by atomic mass is 79.9. The van der Waals surface area contributed by atoms with Crippen LogP contribution in [0.4, 0.5) is 5.82 Å². The highest BCUT2D eigenvalue weighted by Gasteiger charge is 2.22. The van der Waals surface area contributed by atoms with E-state index in [0.717, 1.165) is 5.56 Å². The van der Waals surface area contributed by atoms with E-state index < -0.39 is 10.0 Å². The Hall–Kier alpha value is -2.81. The van der Waals surface area contributed by atoms with Crippen molar-refractivity contribution in [3.63, 3.8) is 0 Å². The summed E-state index contributed by atoms with van der Waals surface area (Å²) in [4.78, 5) is 16.5. The first-order valence-corrected chi connectivity index (χ1v) is 12.2. The Bertz CT molecular complexity index is 1460. The number of anilines is 1. The Morgan fingerprint density at radius 2 is 1.62 bits per heavy atom. The third-order valence-electron chi connectivity index (χ3n) is 4.18. The van der Waals surface area contributed by atoms with Crippen LogP contribution in [0.5, 0.6) is 0 Å². The fraction of sp³-hybridized carbons (Fsp3) is 0.143. The molecule has 1 aromatic carbocycles. The van der Waals surface area contributed by atoms with E-state index in [1.807, 2.05) is 6.92 Å². The number of aromatic nitrogens is 5. The number of nitrogen functional groups attached to an aromatic ring is 1. The topological polar surface area (TPSA) is 117 Å². The number of aryl methyl sites for hydroxylation is 2. The normalized spacial score (nSPS) is 10.8. The zero-order chi connectivity index (χ0) is 23.5. The third kappa shape index (κ3) is 5.15. The molecule has 3 heterocycles. The highest BCUT2D eigenvalue weighted by Crippen LogP contribution is 2.24. The smallest absolute Gasteiger partial charge is 0.269 e. The van der Waals surface area contributed by atoms with Crippen LogP contribution in [0.25, 0.3) is 11.2 Å². The number of halogens is 2. The second kappa shape index (κ2) is 9.77. The van der Waals surface area contributed by atoms with Gasteiger partial charge in [-0.2, -0.15) is 0 Å². The molecule has 0 spiro atoms. The Labute approximate surface area is 202 Å². The molecule has 0 aliphatic rings. The van der Waals surface area contributed by atoms with Crippen LogP contribution in [-0.2, 0) is 10.0 Å². The lowest BCUT2D eigenvalue weighted by Gasteiger charge is -2.09. The molecule has 3 aromatic heterocycles. The summed E-state index contributed by atoms with van der Waals surface area (Å²) in [5.74, 6) is 5.80. The molecule has 0 amide bonds. The average molecular weight is 578 g/mol. The van der Waals surface area contributed by atoms with E-state index in [9.17, 15) is 8.42 Å². The van der Waals surface area contributed by atoms with E-state index in [0.29, 0.717) is 37.6 Å². The quantitative estimate of drug-likeness (QED) is 0.354. The monoisotopic (exact) mass is 576 g/mol. The van der Waals surface area contributed by atoms with E-state index in [2.05, 4.69) is 63.6 Å². The van der Waals surface area contributed by atoms with Crippen LogP contribution in [-0.4, -0.2) is 32.3 Å². The van der Waals surface area contributed by atoms with Crippen molar-refractivity contribution in [2.75, 3.05) is 5.73 Å². The van der Waals surface area contributed by atoms with E-state index in [1.54, 1.807) is 44.2 Å². The molecular weight excluding hydrogens is 560 g/mol. The summed E-state index contributed by atoms with van der Waals surface area (Å²) in [5, 5.41) is 0. The van der Waals surface area contributed by atoms with Crippen molar-refractivity contribution < 1.29 is 8.42 Å². The van der Waals surface area contributed by atoms with Gasteiger partial charge < -0.3 is 5.73 Å². The van der Waals surface area contributed by atoms with E-state index in [-0.39, 0.29) is 4.90 Å². The van der Waals surface area contributed by atoms with Gasteiger partial charge in [0.2, 0.25) is 0 Å². The van der Waals surface area contributed by atoms with Gasteiger partial charge in [0.15, 0.2) is 17.2 Å². The number of fused-ring (bicyclic) bond motifs is 1. The first-order chi connectivity index (χ1) is 15.1. The van der Waals surface area contributed by atoms with Crippen molar-refractivity contribution in [3.05, 3.63) is 68.9 Å². The van der Waals surface area contributed by atoms with Crippen molar-refractivity contribution in [1.29, 1.82) is 0 Å². The zero-order valence-electron chi connectivity index (χ0n) is 17.3. The van der Waals surface area contributed by atoms with Crippen LogP contribution in [0.2, 0.25) is 0 Å². The predicted molar refractivity (Wildman–Crippen MR) is 130 cm³/mol. The van der Waals surface area contributed by atoms with Crippen LogP contribution in [0.3, 0.4) is 0 Å².